The normalized spacial score (nSPS) is 10.8. The van der Waals surface area contributed by atoms with Gasteiger partial charge in [0.25, 0.3) is 0 Å². The summed E-state index contributed by atoms with van der Waals surface area (Å²) in [7, 11) is 0. The lowest BCUT2D eigenvalue weighted by Crippen LogP contribution is -2.10. The Hall–Kier alpha value is -1.84. The number of aromatic nitrogens is 3. The van der Waals surface area contributed by atoms with Gasteiger partial charge in [0, 0.05) is 12.3 Å². The molecule has 0 spiro atoms. The summed E-state index contributed by atoms with van der Waals surface area (Å²) in [6.07, 6.45) is 1.87. The van der Waals surface area contributed by atoms with Crippen LogP contribution >= 0.6 is 0 Å². The molecule has 4 heteroatoms. The average Bonchev–Trinajstić information content (AvgIpc) is 2.60. The van der Waals surface area contributed by atoms with Crippen LogP contribution in [0.25, 0.3) is 5.82 Å². The summed E-state index contributed by atoms with van der Waals surface area (Å²) in [6.45, 7) is 5.92. The molecule has 0 aliphatic heterocycles. The van der Waals surface area contributed by atoms with Crippen molar-refractivity contribution in [2.24, 2.45) is 0 Å². The Morgan fingerprint density at radius 3 is 2.75 bits per heavy atom. The molecule has 0 aliphatic rings. The molecule has 16 heavy (non-hydrogen) atoms. The first-order chi connectivity index (χ1) is 7.66. The van der Waals surface area contributed by atoms with Gasteiger partial charge < -0.3 is 4.74 Å². The second kappa shape index (κ2) is 4.35. The van der Waals surface area contributed by atoms with E-state index in [1.807, 2.05) is 45.0 Å². The Morgan fingerprint density at radius 2 is 2.12 bits per heavy atom. The van der Waals surface area contributed by atoms with Gasteiger partial charge in [-0.15, -0.1) is 0 Å². The van der Waals surface area contributed by atoms with Crippen LogP contribution < -0.4 is 4.74 Å². The van der Waals surface area contributed by atoms with E-state index >= 15 is 0 Å². The summed E-state index contributed by atoms with van der Waals surface area (Å²) in [5, 5.41) is 4.36. The summed E-state index contributed by atoms with van der Waals surface area (Å²) >= 11 is 0. The molecule has 2 aromatic rings. The van der Waals surface area contributed by atoms with Gasteiger partial charge in [-0.25, -0.2) is 4.98 Å². The van der Waals surface area contributed by atoms with Gasteiger partial charge in [-0.1, -0.05) is 6.07 Å². The van der Waals surface area contributed by atoms with E-state index in [4.69, 9.17) is 4.74 Å². The first-order valence-corrected chi connectivity index (χ1v) is 5.31. The van der Waals surface area contributed by atoms with E-state index in [0.717, 1.165) is 17.4 Å². The lowest BCUT2D eigenvalue weighted by atomic mass is 10.4. The number of hydrogen-bond donors (Lipinski definition) is 0. The molecule has 0 atom stereocenters. The Kier molecular flexibility index (Phi) is 2.90. The molecule has 84 valence electrons. The van der Waals surface area contributed by atoms with E-state index in [1.54, 1.807) is 10.9 Å². The minimum absolute atomic E-state index is 0.124. The Bertz CT molecular complexity index is 462. The van der Waals surface area contributed by atoms with Crippen LogP contribution in [0, 0.1) is 6.92 Å². The van der Waals surface area contributed by atoms with Gasteiger partial charge in [0.1, 0.15) is 0 Å². The van der Waals surface area contributed by atoms with Gasteiger partial charge in [0.2, 0.25) is 5.88 Å². The van der Waals surface area contributed by atoms with Gasteiger partial charge in [-0.05, 0) is 32.9 Å². The number of hydrogen-bond acceptors (Lipinski definition) is 3. The smallest absolute Gasteiger partial charge is 0.218 e. The minimum atomic E-state index is 0.124. The molecule has 0 bridgehead atoms. The highest BCUT2D eigenvalue weighted by atomic mass is 16.5. The quantitative estimate of drug-likeness (QED) is 0.792. The third-order valence-electron chi connectivity index (χ3n) is 2.02. The maximum Gasteiger partial charge on any atom is 0.218 e. The van der Waals surface area contributed by atoms with Crippen molar-refractivity contribution >= 4 is 0 Å². The maximum absolute atomic E-state index is 5.68. The van der Waals surface area contributed by atoms with Crippen molar-refractivity contribution in [1.82, 2.24) is 14.8 Å². The van der Waals surface area contributed by atoms with Gasteiger partial charge in [0.15, 0.2) is 5.82 Å². The number of rotatable bonds is 3. The molecule has 0 fully saturated rings. The van der Waals surface area contributed by atoms with Crippen molar-refractivity contribution in [2.45, 2.75) is 26.9 Å². The van der Waals surface area contributed by atoms with Crippen LogP contribution in [0.15, 0.2) is 30.5 Å². The molecule has 2 heterocycles. The molecule has 2 rings (SSSR count). The van der Waals surface area contributed by atoms with Crippen molar-refractivity contribution < 1.29 is 4.74 Å². The van der Waals surface area contributed by atoms with Crippen LogP contribution in [0.5, 0.6) is 5.88 Å². The zero-order chi connectivity index (χ0) is 11.5. The third kappa shape index (κ3) is 2.21. The molecule has 4 nitrogen and oxygen atoms in total. The number of aryl methyl sites for hydroxylation is 1. The molecule has 0 unspecified atom stereocenters. The Balaban J connectivity index is 2.40. The van der Waals surface area contributed by atoms with Crippen LogP contribution in [0.3, 0.4) is 0 Å². The van der Waals surface area contributed by atoms with Crippen molar-refractivity contribution in [3.8, 4) is 11.7 Å². The van der Waals surface area contributed by atoms with Gasteiger partial charge >= 0.3 is 0 Å². The average molecular weight is 217 g/mol. The molecular formula is C12H15N3O. The fourth-order valence-corrected chi connectivity index (χ4v) is 1.44. The molecule has 2 aromatic heterocycles. The van der Waals surface area contributed by atoms with Crippen LogP contribution in [0.4, 0.5) is 0 Å². The molecular weight excluding hydrogens is 202 g/mol. The summed E-state index contributed by atoms with van der Waals surface area (Å²) in [4.78, 5) is 4.25. The first kappa shape index (κ1) is 10.7. The molecule has 0 saturated heterocycles. The predicted molar refractivity (Wildman–Crippen MR) is 61.9 cm³/mol. The van der Waals surface area contributed by atoms with Crippen molar-refractivity contribution in [3.05, 3.63) is 36.2 Å². The third-order valence-corrected chi connectivity index (χ3v) is 2.02. The fourth-order valence-electron chi connectivity index (χ4n) is 1.44. The topological polar surface area (TPSA) is 39.9 Å². The van der Waals surface area contributed by atoms with Gasteiger partial charge in [0.05, 0.1) is 11.8 Å². The number of pyridine rings is 1. The minimum Gasteiger partial charge on any atom is -0.475 e. The highest BCUT2D eigenvalue weighted by molar-refractivity contribution is 5.29. The van der Waals surface area contributed by atoms with E-state index < -0.39 is 0 Å². The van der Waals surface area contributed by atoms with Crippen LogP contribution in [0.1, 0.15) is 19.5 Å². The first-order valence-electron chi connectivity index (χ1n) is 5.31. The summed E-state index contributed by atoms with van der Waals surface area (Å²) in [5.41, 5.74) is 0.918. The van der Waals surface area contributed by atoms with Gasteiger partial charge in [-0.3, -0.25) is 0 Å². The van der Waals surface area contributed by atoms with Crippen molar-refractivity contribution in [3.63, 3.8) is 0 Å². The second-order valence-corrected chi connectivity index (χ2v) is 3.89. The van der Waals surface area contributed by atoms with Crippen molar-refractivity contribution in [1.29, 1.82) is 0 Å². The maximum atomic E-state index is 5.68. The lowest BCUT2D eigenvalue weighted by Gasteiger charge is -2.10. The molecule has 0 aliphatic carbocycles. The van der Waals surface area contributed by atoms with Crippen molar-refractivity contribution in [2.75, 3.05) is 0 Å². The van der Waals surface area contributed by atoms with Crippen LogP contribution in [-0.2, 0) is 0 Å². The van der Waals surface area contributed by atoms with Gasteiger partial charge in [-0.2, -0.15) is 9.78 Å². The number of ether oxygens (including phenoxy) is 1. The highest BCUT2D eigenvalue weighted by Gasteiger charge is 2.10. The summed E-state index contributed by atoms with van der Waals surface area (Å²) in [5.74, 6) is 1.50. The highest BCUT2D eigenvalue weighted by Crippen LogP contribution is 2.18. The summed E-state index contributed by atoms with van der Waals surface area (Å²) < 4.78 is 7.40. The van der Waals surface area contributed by atoms with E-state index in [-0.39, 0.29) is 6.10 Å². The fraction of sp³-hybridized carbons (Fsp3) is 0.333. The zero-order valence-electron chi connectivity index (χ0n) is 9.71. The SMILES string of the molecule is Cc1cc(OC(C)C)n(-c2ccccn2)n1. The monoisotopic (exact) mass is 217 g/mol. The molecule has 0 amide bonds. The lowest BCUT2D eigenvalue weighted by molar-refractivity contribution is 0.225. The van der Waals surface area contributed by atoms with E-state index in [0.29, 0.717) is 0 Å². The van der Waals surface area contributed by atoms with Crippen LogP contribution in [0.2, 0.25) is 0 Å². The Labute approximate surface area is 94.9 Å². The molecule has 0 aromatic carbocycles. The largest absolute Gasteiger partial charge is 0.475 e. The second-order valence-electron chi connectivity index (χ2n) is 3.89. The Morgan fingerprint density at radius 1 is 1.31 bits per heavy atom. The molecule has 0 saturated carbocycles. The molecule has 0 radical (unpaired) electrons. The van der Waals surface area contributed by atoms with E-state index in [1.165, 1.54) is 0 Å². The van der Waals surface area contributed by atoms with E-state index in [9.17, 15) is 0 Å². The number of nitrogens with zero attached hydrogens (tertiary/aromatic N) is 3. The predicted octanol–water partition coefficient (Wildman–Crippen LogP) is 2.36. The van der Waals surface area contributed by atoms with E-state index in [2.05, 4.69) is 10.1 Å². The molecule has 0 N–H and O–H groups in total. The zero-order valence-corrected chi connectivity index (χ0v) is 9.71. The van der Waals surface area contributed by atoms with Crippen LogP contribution in [-0.4, -0.2) is 20.9 Å². The summed E-state index contributed by atoms with van der Waals surface area (Å²) in [6, 6.07) is 7.62. The standard InChI is InChI=1S/C12H15N3O/c1-9(2)16-12-8-10(3)14-15(12)11-6-4-5-7-13-11/h4-9H,1-3H3.